The molecule has 0 radical (unpaired) electrons. The number of methoxy groups -OCH3 is 4. The molecule has 1 aromatic carbocycles. The fourth-order valence-electron chi connectivity index (χ4n) is 4.25. The molecule has 1 saturated carbocycles. The van der Waals surface area contributed by atoms with Gasteiger partial charge < -0.3 is 29.2 Å². The Kier molecular flexibility index (Phi) is 6.38. The Hall–Kier alpha value is -2.97. The number of ether oxygens (including phenoxy) is 4. The van der Waals surface area contributed by atoms with Crippen molar-refractivity contribution >= 4 is 23.5 Å². The van der Waals surface area contributed by atoms with Gasteiger partial charge in [-0.15, -0.1) is 0 Å². The molecule has 30 heavy (non-hydrogen) atoms. The van der Waals surface area contributed by atoms with Crippen molar-refractivity contribution in [2.75, 3.05) is 39.9 Å². The van der Waals surface area contributed by atoms with Crippen LogP contribution in [0.4, 0.5) is 5.69 Å². The number of carbonyl (C=O) groups is 3. The minimum Gasteiger partial charge on any atom is -0.493 e. The second-order valence-corrected chi connectivity index (χ2v) is 7.56. The minimum absolute atomic E-state index is 0.0553. The number of carbonyl (C=O) groups excluding carboxylic acids is 3. The maximum Gasteiger partial charge on any atom is 0.331 e. The lowest BCUT2D eigenvalue weighted by Gasteiger charge is -2.28. The lowest BCUT2D eigenvalue weighted by atomic mass is 9.96. The SMILES string of the molecule is COC(=O)C1(NC(=O)C2CC(=O)N(c3cc(OC)c(OC)c(OC)c3)C2)CCCC1. The molecule has 1 N–H and O–H groups in total. The number of benzene rings is 1. The van der Waals surface area contributed by atoms with Gasteiger partial charge in [-0.05, 0) is 12.8 Å². The van der Waals surface area contributed by atoms with Crippen LogP contribution >= 0.6 is 0 Å². The van der Waals surface area contributed by atoms with Gasteiger partial charge in [-0.2, -0.15) is 0 Å². The van der Waals surface area contributed by atoms with Crippen molar-refractivity contribution in [3.63, 3.8) is 0 Å². The molecular formula is C21H28N2O7. The van der Waals surface area contributed by atoms with E-state index in [0.717, 1.165) is 12.8 Å². The summed E-state index contributed by atoms with van der Waals surface area (Å²) in [6.45, 7) is 0.195. The van der Waals surface area contributed by atoms with E-state index in [1.54, 1.807) is 12.1 Å². The van der Waals surface area contributed by atoms with Crippen molar-refractivity contribution in [2.24, 2.45) is 5.92 Å². The highest BCUT2D eigenvalue weighted by Crippen LogP contribution is 2.42. The summed E-state index contributed by atoms with van der Waals surface area (Å²) in [4.78, 5) is 39.4. The second kappa shape index (κ2) is 8.81. The van der Waals surface area contributed by atoms with Crippen LogP contribution in [0.15, 0.2) is 12.1 Å². The summed E-state index contributed by atoms with van der Waals surface area (Å²) in [7, 11) is 5.81. The van der Waals surface area contributed by atoms with Gasteiger partial charge in [0.05, 0.1) is 40.0 Å². The third kappa shape index (κ3) is 3.88. The highest BCUT2D eigenvalue weighted by molar-refractivity contribution is 6.01. The molecule has 2 amide bonds. The van der Waals surface area contributed by atoms with E-state index in [2.05, 4.69) is 5.32 Å². The summed E-state index contributed by atoms with van der Waals surface area (Å²) >= 11 is 0. The molecule has 3 rings (SSSR count). The topological polar surface area (TPSA) is 103 Å². The molecule has 1 aromatic rings. The third-order valence-corrected chi connectivity index (χ3v) is 5.85. The number of hydrogen-bond donors (Lipinski definition) is 1. The van der Waals surface area contributed by atoms with Gasteiger partial charge in [0.15, 0.2) is 11.5 Å². The Balaban J connectivity index is 1.79. The molecule has 1 heterocycles. The van der Waals surface area contributed by atoms with E-state index >= 15 is 0 Å². The molecule has 164 valence electrons. The fraction of sp³-hybridized carbons (Fsp3) is 0.571. The summed E-state index contributed by atoms with van der Waals surface area (Å²) in [6.07, 6.45) is 2.83. The van der Waals surface area contributed by atoms with E-state index in [1.165, 1.54) is 33.3 Å². The van der Waals surface area contributed by atoms with E-state index < -0.39 is 17.4 Å². The summed E-state index contributed by atoms with van der Waals surface area (Å²) < 4.78 is 20.9. The van der Waals surface area contributed by atoms with Gasteiger partial charge in [0.2, 0.25) is 17.6 Å². The number of nitrogens with one attached hydrogen (secondary N) is 1. The third-order valence-electron chi connectivity index (χ3n) is 5.85. The first-order chi connectivity index (χ1) is 14.4. The number of rotatable bonds is 7. The fourth-order valence-corrected chi connectivity index (χ4v) is 4.25. The van der Waals surface area contributed by atoms with Crippen molar-refractivity contribution < 1.29 is 33.3 Å². The summed E-state index contributed by atoms with van der Waals surface area (Å²) in [6, 6.07) is 3.35. The van der Waals surface area contributed by atoms with Crippen LogP contribution in [0.1, 0.15) is 32.1 Å². The Labute approximate surface area is 175 Å². The predicted molar refractivity (Wildman–Crippen MR) is 108 cm³/mol. The molecule has 1 saturated heterocycles. The summed E-state index contributed by atoms with van der Waals surface area (Å²) in [5, 5.41) is 2.88. The Morgan fingerprint density at radius 2 is 1.63 bits per heavy atom. The molecule has 2 aliphatic rings. The molecule has 0 bridgehead atoms. The lowest BCUT2D eigenvalue weighted by molar-refractivity contribution is -0.151. The zero-order chi connectivity index (χ0) is 21.9. The Bertz CT molecular complexity index is 808. The maximum atomic E-state index is 12.9. The van der Waals surface area contributed by atoms with Crippen LogP contribution < -0.4 is 24.4 Å². The van der Waals surface area contributed by atoms with Gasteiger partial charge in [-0.3, -0.25) is 9.59 Å². The van der Waals surface area contributed by atoms with Crippen molar-refractivity contribution in [2.45, 2.75) is 37.6 Å². The first-order valence-electron chi connectivity index (χ1n) is 9.90. The van der Waals surface area contributed by atoms with Crippen molar-refractivity contribution in [1.82, 2.24) is 5.32 Å². The van der Waals surface area contributed by atoms with Crippen LogP contribution in [0.25, 0.3) is 0 Å². The van der Waals surface area contributed by atoms with Crippen LogP contribution in [0.5, 0.6) is 17.2 Å². The first-order valence-corrected chi connectivity index (χ1v) is 9.90. The number of esters is 1. The van der Waals surface area contributed by atoms with E-state index in [9.17, 15) is 14.4 Å². The predicted octanol–water partition coefficient (Wildman–Crippen LogP) is 1.67. The van der Waals surface area contributed by atoms with Gasteiger partial charge >= 0.3 is 5.97 Å². The lowest BCUT2D eigenvalue weighted by Crippen LogP contribution is -2.54. The zero-order valence-electron chi connectivity index (χ0n) is 17.8. The molecule has 2 fully saturated rings. The van der Waals surface area contributed by atoms with E-state index in [-0.39, 0.29) is 24.8 Å². The van der Waals surface area contributed by atoms with Gasteiger partial charge in [0.1, 0.15) is 5.54 Å². The zero-order valence-corrected chi connectivity index (χ0v) is 17.8. The van der Waals surface area contributed by atoms with Crippen LogP contribution in [0.2, 0.25) is 0 Å². The number of hydrogen-bond acceptors (Lipinski definition) is 7. The van der Waals surface area contributed by atoms with E-state index in [1.807, 2.05) is 0 Å². The summed E-state index contributed by atoms with van der Waals surface area (Å²) in [5.41, 5.74) is -0.442. The molecule has 1 aliphatic carbocycles. The first kappa shape index (κ1) is 21.7. The standard InChI is InChI=1S/C21H28N2O7/c1-27-15-10-14(11-16(28-2)18(15)29-3)23-12-13(9-17(23)24)19(25)22-21(20(26)30-4)7-5-6-8-21/h10-11,13H,5-9,12H2,1-4H3,(H,22,25). The molecule has 1 atom stereocenters. The van der Waals surface area contributed by atoms with Gasteiger partial charge in [-0.25, -0.2) is 4.79 Å². The smallest absolute Gasteiger partial charge is 0.331 e. The van der Waals surface area contributed by atoms with E-state index in [4.69, 9.17) is 18.9 Å². The molecule has 9 nitrogen and oxygen atoms in total. The van der Waals surface area contributed by atoms with Crippen LogP contribution in [-0.2, 0) is 19.1 Å². The average Bonchev–Trinajstić information content (AvgIpc) is 3.39. The van der Waals surface area contributed by atoms with Gasteiger partial charge in [0.25, 0.3) is 0 Å². The Morgan fingerprint density at radius 3 is 2.13 bits per heavy atom. The number of anilines is 1. The molecule has 9 heteroatoms. The average molecular weight is 420 g/mol. The van der Waals surface area contributed by atoms with Gasteiger partial charge in [-0.1, -0.05) is 12.8 Å². The highest BCUT2D eigenvalue weighted by atomic mass is 16.5. The maximum absolute atomic E-state index is 12.9. The molecule has 0 aromatic heterocycles. The summed E-state index contributed by atoms with van der Waals surface area (Å²) in [5.74, 6) is -0.247. The van der Waals surface area contributed by atoms with E-state index in [0.29, 0.717) is 35.8 Å². The molecule has 1 aliphatic heterocycles. The van der Waals surface area contributed by atoms with Crippen LogP contribution in [-0.4, -0.2) is 58.3 Å². The monoisotopic (exact) mass is 420 g/mol. The molecule has 0 spiro atoms. The number of amides is 2. The Morgan fingerprint density at radius 1 is 1.03 bits per heavy atom. The van der Waals surface area contributed by atoms with Crippen molar-refractivity contribution in [1.29, 1.82) is 0 Å². The van der Waals surface area contributed by atoms with Crippen LogP contribution in [0, 0.1) is 5.92 Å². The highest BCUT2D eigenvalue weighted by Gasteiger charge is 2.46. The van der Waals surface area contributed by atoms with Crippen LogP contribution in [0.3, 0.4) is 0 Å². The second-order valence-electron chi connectivity index (χ2n) is 7.56. The largest absolute Gasteiger partial charge is 0.493 e. The quantitative estimate of drug-likeness (QED) is 0.669. The van der Waals surface area contributed by atoms with Crippen molar-refractivity contribution in [3.8, 4) is 17.2 Å². The molecule has 1 unspecified atom stereocenters. The normalized spacial score (nSPS) is 20.1. The van der Waals surface area contributed by atoms with Gasteiger partial charge in [0, 0.05) is 25.1 Å². The number of nitrogens with zero attached hydrogens (tertiary/aromatic N) is 1. The van der Waals surface area contributed by atoms with Crippen molar-refractivity contribution in [3.05, 3.63) is 12.1 Å². The molecular weight excluding hydrogens is 392 g/mol. The minimum atomic E-state index is -0.991.